The van der Waals surface area contributed by atoms with E-state index in [2.05, 4.69) is 20.6 Å². The molecule has 0 aliphatic heterocycles. The summed E-state index contributed by atoms with van der Waals surface area (Å²) in [7, 11) is 1.36. The van der Waals surface area contributed by atoms with Crippen molar-refractivity contribution < 1.29 is 22.5 Å². The molecule has 1 amide bonds. The number of fused-ring (bicyclic) bond motifs is 1. The van der Waals surface area contributed by atoms with Crippen LogP contribution < -0.4 is 5.32 Å². The highest BCUT2D eigenvalue weighted by molar-refractivity contribution is 5.94. The monoisotopic (exact) mass is 391 g/mol. The zero-order valence-electron chi connectivity index (χ0n) is 14.9. The molecular weight excluding hydrogens is 375 g/mol. The van der Waals surface area contributed by atoms with E-state index in [0.29, 0.717) is 5.56 Å². The summed E-state index contributed by atoms with van der Waals surface area (Å²) in [4.78, 5) is 16.4. The van der Waals surface area contributed by atoms with Crippen LogP contribution in [0, 0.1) is 0 Å². The minimum Gasteiger partial charge on any atom is -0.343 e. The molecule has 1 aliphatic carbocycles. The minimum atomic E-state index is -4.56. The summed E-state index contributed by atoms with van der Waals surface area (Å²) in [5.74, 6) is -0.235. The molecule has 0 spiro atoms. The number of rotatable bonds is 4. The number of hydrogen-bond donors (Lipinski definition) is 1. The lowest BCUT2D eigenvalue weighted by Crippen LogP contribution is -2.23. The van der Waals surface area contributed by atoms with Crippen LogP contribution in [-0.2, 0) is 32.6 Å². The first-order valence-corrected chi connectivity index (χ1v) is 8.65. The predicted octanol–water partition coefficient (Wildman–Crippen LogP) is 2.91. The summed E-state index contributed by atoms with van der Waals surface area (Å²) < 4.78 is 44.4. The Morgan fingerprint density at radius 3 is 2.79 bits per heavy atom. The Kier molecular flexibility index (Phi) is 4.40. The van der Waals surface area contributed by atoms with Gasteiger partial charge in [-0.25, -0.2) is 0 Å². The third-order valence-corrected chi connectivity index (χ3v) is 4.63. The Bertz CT molecular complexity index is 1040. The van der Waals surface area contributed by atoms with E-state index in [1.54, 1.807) is 6.07 Å². The van der Waals surface area contributed by atoms with Crippen LogP contribution in [0.3, 0.4) is 0 Å². The highest BCUT2D eigenvalue weighted by Gasteiger charge is 2.35. The van der Waals surface area contributed by atoms with Gasteiger partial charge in [-0.3, -0.25) is 9.48 Å². The fraction of sp³-hybridized carbons (Fsp3) is 0.333. The van der Waals surface area contributed by atoms with Crippen LogP contribution in [0.15, 0.2) is 28.8 Å². The van der Waals surface area contributed by atoms with E-state index in [1.165, 1.54) is 18.2 Å². The molecule has 0 atom stereocenters. The van der Waals surface area contributed by atoms with Crippen LogP contribution in [0.4, 0.5) is 13.2 Å². The number of amides is 1. The largest absolute Gasteiger partial charge is 0.435 e. The van der Waals surface area contributed by atoms with E-state index in [0.717, 1.165) is 30.0 Å². The van der Waals surface area contributed by atoms with Gasteiger partial charge < -0.3 is 9.84 Å². The molecule has 7 nitrogen and oxygen atoms in total. The van der Waals surface area contributed by atoms with Gasteiger partial charge in [0.05, 0.1) is 6.54 Å². The van der Waals surface area contributed by atoms with Crippen LogP contribution in [0.1, 0.15) is 39.5 Å². The van der Waals surface area contributed by atoms with Gasteiger partial charge in [-0.2, -0.15) is 23.3 Å². The first-order valence-electron chi connectivity index (χ1n) is 8.65. The highest BCUT2D eigenvalue weighted by Crippen LogP contribution is 2.30. The van der Waals surface area contributed by atoms with Crippen molar-refractivity contribution in [3.8, 4) is 11.5 Å². The predicted molar refractivity (Wildman–Crippen MR) is 91.1 cm³/mol. The second-order valence-electron chi connectivity index (χ2n) is 6.57. The Balaban J connectivity index is 1.44. The summed E-state index contributed by atoms with van der Waals surface area (Å²) in [5, 5.41) is 9.76. The summed E-state index contributed by atoms with van der Waals surface area (Å²) in [5.41, 5.74) is 2.02. The van der Waals surface area contributed by atoms with Gasteiger partial charge >= 0.3 is 6.18 Å². The average molecular weight is 391 g/mol. The van der Waals surface area contributed by atoms with Gasteiger partial charge in [-0.1, -0.05) is 11.2 Å². The third kappa shape index (κ3) is 3.49. The Hall–Kier alpha value is -3.17. The molecule has 0 bridgehead atoms. The number of nitrogens with zero attached hydrogens (tertiary/aromatic N) is 4. The molecule has 28 heavy (non-hydrogen) atoms. The smallest absolute Gasteiger partial charge is 0.343 e. The summed E-state index contributed by atoms with van der Waals surface area (Å²) in [6.45, 7) is -0.0348. The number of carbonyl (C=O) groups excluding carboxylic acids is 1. The van der Waals surface area contributed by atoms with Crippen LogP contribution in [0.2, 0.25) is 0 Å². The summed E-state index contributed by atoms with van der Waals surface area (Å²) >= 11 is 0. The molecule has 0 fully saturated rings. The number of alkyl halides is 3. The van der Waals surface area contributed by atoms with Crippen LogP contribution in [-0.4, -0.2) is 25.8 Å². The maximum atomic E-state index is 12.8. The van der Waals surface area contributed by atoms with Crippen molar-refractivity contribution >= 4 is 5.91 Å². The van der Waals surface area contributed by atoms with Crippen LogP contribution in [0.25, 0.3) is 11.5 Å². The van der Waals surface area contributed by atoms with Crippen LogP contribution in [0.5, 0.6) is 0 Å². The average Bonchev–Trinajstić information content (AvgIpc) is 3.37. The number of halogens is 3. The molecule has 0 unspecified atom stereocenters. The van der Waals surface area contributed by atoms with E-state index in [-0.39, 0.29) is 29.9 Å². The number of hydrogen-bond acceptors (Lipinski definition) is 5. The topological polar surface area (TPSA) is 85.8 Å². The fourth-order valence-electron chi connectivity index (χ4n) is 3.22. The number of aryl methyl sites for hydroxylation is 3. The summed E-state index contributed by atoms with van der Waals surface area (Å²) in [6, 6.07) is 6.46. The Labute approximate surface area is 157 Å². The highest BCUT2D eigenvalue weighted by atomic mass is 19.4. The SMILES string of the molecule is Cn1nc(C(F)(F)F)cc1-c1noc(CNC(=O)c2ccc3c(c2)CCC3)n1. The molecule has 0 saturated carbocycles. The van der Waals surface area contributed by atoms with Gasteiger partial charge in [0, 0.05) is 12.6 Å². The quantitative estimate of drug-likeness (QED) is 0.739. The van der Waals surface area contributed by atoms with Gasteiger partial charge in [0.2, 0.25) is 11.7 Å². The molecule has 146 valence electrons. The second kappa shape index (κ2) is 6.77. The number of aromatic nitrogens is 4. The lowest BCUT2D eigenvalue weighted by atomic mass is 10.1. The number of carbonyl (C=O) groups is 1. The van der Waals surface area contributed by atoms with Crippen molar-refractivity contribution in [1.29, 1.82) is 0 Å². The molecule has 10 heteroatoms. The molecule has 2 aromatic heterocycles. The second-order valence-corrected chi connectivity index (χ2v) is 6.57. The van der Waals surface area contributed by atoms with Gasteiger partial charge in [-0.15, -0.1) is 0 Å². The van der Waals surface area contributed by atoms with E-state index >= 15 is 0 Å². The lowest BCUT2D eigenvalue weighted by molar-refractivity contribution is -0.141. The zero-order chi connectivity index (χ0) is 19.9. The molecule has 0 radical (unpaired) electrons. The molecule has 1 aromatic carbocycles. The van der Waals surface area contributed by atoms with Crippen molar-refractivity contribution in [2.45, 2.75) is 32.0 Å². The van der Waals surface area contributed by atoms with Crippen molar-refractivity contribution in [2.75, 3.05) is 0 Å². The Morgan fingerprint density at radius 1 is 1.25 bits per heavy atom. The number of benzene rings is 1. The molecule has 0 saturated heterocycles. The van der Waals surface area contributed by atoms with E-state index < -0.39 is 11.9 Å². The molecule has 3 aromatic rings. The van der Waals surface area contributed by atoms with Crippen molar-refractivity contribution in [2.24, 2.45) is 7.05 Å². The van der Waals surface area contributed by atoms with Crippen molar-refractivity contribution in [3.63, 3.8) is 0 Å². The Morgan fingerprint density at radius 2 is 2.04 bits per heavy atom. The maximum Gasteiger partial charge on any atom is 0.435 e. The molecule has 1 aliphatic rings. The standard InChI is InChI=1S/C18H16F3N5O2/c1-26-13(8-14(24-26)18(19,20)21)16-23-15(28-25-16)9-22-17(27)12-6-5-10-3-2-4-11(10)7-12/h5-8H,2-4,9H2,1H3,(H,22,27). The van der Waals surface area contributed by atoms with Gasteiger partial charge in [0.15, 0.2) is 5.69 Å². The molecule has 2 heterocycles. The summed E-state index contributed by atoms with van der Waals surface area (Å²) in [6.07, 6.45) is -1.47. The van der Waals surface area contributed by atoms with Crippen molar-refractivity contribution in [3.05, 3.63) is 52.5 Å². The first-order chi connectivity index (χ1) is 13.3. The minimum absolute atomic E-state index is 0.0348. The van der Waals surface area contributed by atoms with E-state index in [4.69, 9.17) is 4.52 Å². The van der Waals surface area contributed by atoms with Gasteiger partial charge in [-0.05, 0) is 48.6 Å². The van der Waals surface area contributed by atoms with E-state index in [1.807, 2.05) is 12.1 Å². The third-order valence-electron chi connectivity index (χ3n) is 4.63. The zero-order valence-corrected chi connectivity index (χ0v) is 14.9. The van der Waals surface area contributed by atoms with E-state index in [9.17, 15) is 18.0 Å². The van der Waals surface area contributed by atoms with Crippen LogP contribution >= 0.6 is 0 Å². The van der Waals surface area contributed by atoms with Gasteiger partial charge in [0.25, 0.3) is 5.91 Å². The van der Waals surface area contributed by atoms with Gasteiger partial charge in [0.1, 0.15) is 5.69 Å². The number of nitrogens with one attached hydrogen (secondary N) is 1. The molecule has 1 N–H and O–H groups in total. The lowest BCUT2D eigenvalue weighted by Gasteiger charge is -2.05. The molecular formula is C18H16F3N5O2. The maximum absolute atomic E-state index is 12.8. The fourth-order valence-corrected chi connectivity index (χ4v) is 3.22. The molecule has 4 rings (SSSR count). The first kappa shape index (κ1) is 18.2. The normalized spacial score (nSPS) is 13.6. The van der Waals surface area contributed by atoms with Crippen molar-refractivity contribution in [1.82, 2.24) is 25.2 Å².